The van der Waals surface area contributed by atoms with Crippen molar-refractivity contribution in [2.75, 3.05) is 16.0 Å². The molecule has 0 heterocycles. The summed E-state index contributed by atoms with van der Waals surface area (Å²) in [5, 5.41) is 8.29. The molecule has 3 amide bonds. The van der Waals surface area contributed by atoms with Crippen LogP contribution in [0, 0.1) is 0 Å². The topological polar surface area (TPSA) is 70.2 Å². The maximum absolute atomic E-state index is 12.0. The van der Waals surface area contributed by atoms with E-state index in [4.69, 9.17) is 0 Å². The number of rotatable bonds is 5. The molecule has 0 spiro atoms. The van der Waals surface area contributed by atoms with E-state index in [0.717, 1.165) is 6.42 Å². The minimum atomic E-state index is -0.341. The molecule has 2 rings (SSSR count). The monoisotopic (exact) mass is 323 g/mol. The fourth-order valence-corrected chi connectivity index (χ4v) is 2.12. The van der Waals surface area contributed by atoms with E-state index in [9.17, 15) is 9.59 Å². The number of hydrogen-bond donors (Lipinski definition) is 3. The maximum Gasteiger partial charge on any atom is 0.323 e. The third kappa shape index (κ3) is 5.28. The standard InChI is InChI=1S/C19H21N3O2/c1-3-8-14(2)18(23)20-16-11-7-12-17(13-16)22-19(24)21-15-9-5-4-6-10-15/h4-13H,3H2,1-2H3,(H,20,23)(H2,21,22,24)/b14-8-. The minimum absolute atomic E-state index is 0.150. The van der Waals surface area contributed by atoms with Crippen LogP contribution in [-0.4, -0.2) is 11.9 Å². The second kappa shape index (κ2) is 8.53. The number of carbonyl (C=O) groups excluding carboxylic acids is 2. The molecule has 0 unspecified atom stereocenters. The van der Waals surface area contributed by atoms with Gasteiger partial charge in [0.25, 0.3) is 5.91 Å². The Morgan fingerprint density at radius 1 is 0.875 bits per heavy atom. The smallest absolute Gasteiger partial charge is 0.322 e. The molecule has 5 nitrogen and oxygen atoms in total. The number of para-hydroxylation sites is 1. The first kappa shape index (κ1) is 17.3. The van der Waals surface area contributed by atoms with Crippen LogP contribution in [0.4, 0.5) is 21.9 Å². The lowest BCUT2D eigenvalue weighted by atomic mass is 10.2. The van der Waals surface area contributed by atoms with Crippen LogP contribution in [0.1, 0.15) is 20.3 Å². The zero-order chi connectivity index (χ0) is 17.4. The van der Waals surface area contributed by atoms with E-state index in [1.165, 1.54) is 0 Å². The zero-order valence-electron chi connectivity index (χ0n) is 13.8. The summed E-state index contributed by atoms with van der Waals surface area (Å²) in [5.41, 5.74) is 2.59. The van der Waals surface area contributed by atoms with Crippen molar-refractivity contribution in [1.29, 1.82) is 0 Å². The highest BCUT2D eigenvalue weighted by Gasteiger charge is 2.06. The predicted molar refractivity (Wildman–Crippen MR) is 98.2 cm³/mol. The Balaban J connectivity index is 1.98. The highest BCUT2D eigenvalue weighted by molar-refractivity contribution is 6.04. The van der Waals surface area contributed by atoms with E-state index in [1.54, 1.807) is 43.3 Å². The first-order chi connectivity index (χ1) is 11.6. The number of carbonyl (C=O) groups is 2. The largest absolute Gasteiger partial charge is 0.323 e. The first-order valence-corrected chi connectivity index (χ1v) is 7.79. The fraction of sp³-hybridized carbons (Fsp3) is 0.158. The van der Waals surface area contributed by atoms with Gasteiger partial charge in [0, 0.05) is 22.6 Å². The Bertz CT molecular complexity index is 739. The van der Waals surface area contributed by atoms with E-state index in [0.29, 0.717) is 22.6 Å². The van der Waals surface area contributed by atoms with Crippen LogP contribution < -0.4 is 16.0 Å². The van der Waals surface area contributed by atoms with E-state index < -0.39 is 0 Å². The average molecular weight is 323 g/mol. The van der Waals surface area contributed by atoms with Crippen LogP contribution in [0.25, 0.3) is 0 Å². The van der Waals surface area contributed by atoms with Gasteiger partial charge in [0.2, 0.25) is 0 Å². The Morgan fingerprint density at radius 2 is 1.46 bits per heavy atom. The van der Waals surface area contributed by atoms with Crippen LogP contribution >= 0.6 is 0 Å². The molecule has 0 saturated heterocycles. The van der Waals surface area contributed by atoms with Crippen molar-refractivity contribution in [1.82, 2.24) is 0 Å². The number of anilines is 3. The predicted octanol–water partition coefficient (Wildman–Crippen LogP) is 4.63. The Hall–Kier alpha value is -3.08. The van der Waals surface area contributed by atoms with E-state index >= 15 is 0 Å². The minimum Gasteiger partial charge on any atom is -0.322 e. The molecule has 0 saturated carbocycles. The number of allylic oxidation sites excluding steroid dienone is 1. The number of hydrogen-bond acceptors (Lipinski definition) is 2. The Morgan fingerprint density at radius 3 is 2.12 bits per heavy atom. The summed E-state index contributed by atoms with van der Waals surface area (Å²) in [6, 6.07) is 15.9. The van der Waals surface area contributed by atoms with E-state index in [1.807, 2.05) is 31.2 Å². The van der Waals surface area contributed by atoms with Gasteiger partial charge in [-0.2, -0.15) is 0 Å². The molecular formula is C19H21N3O2. The molecular weight excluding hydrogens is 302 g/mol. The second-order valence-electron chi connectivity index (χ2n) is 5.28. The van der Waals surface area contributed by atoms with Gasteiger partial charge in [-0.15, -0.1) is 0 Å². The molecule has 0 atom stereocenters. The number of amides is 3. The Kier molecular flexibility index (Phi) is 6.14. The van der Waals surface area contributed by atoms with E-state index in [2.05, 4.69) is 16.0 Å². The second-order valence-corrected chi connectivity index (χ2v) is 5.28. The third-order valence-corrected chi connectivity index (χ3v) is 3.28. The lowest BCUT2D eigenvalue weighted by molar-refractivity contribution is -0.112. The van der Waals surface area contributed by atoms with Gasteiger partial charge in [0.1, 0.15) is 0 Å². The molecule has 3 N–H and O–H groups in total. The normalized spacial score (nSPS) is 10.8. The molecule has 5 heteroatoms. The molecule has 0 aliphatic rings. The number of urea groups is 1. The van der Waals surface area contributed by atoms with Crippen molar-refractivity contribution in [3.8, 4) is 0 Å². The van der Waals surface area contributed by atoms with Crippen molar-refractivity contribution in [3.63, 3.8) is 0 Å². The van der Waals surface area contributed by atoms with Crippen LogP contribution in [0.5, 0.6) is 0 Å². The van der Waals surface area contributed by atoms with Gasteiger partial charge in [-0.05, 0) is 43.7 Å². The molecule has 124 valence electrons. The molecule has 2 aromatic rings. The summed E-state index contributed by atoms with van der Waals surface area (Å²) in [5.74, 6) is -0.150. The molecule has 0 aromatic heterocycles. The Labute approximate surface area is 141 Å². The van der Waals surface area contributed by atoms with Gasteiger partial charge in [-0.1, -0.05) is 37.3 Å². The van der Waals surface area contributed by atoms with Crippen LogP contribution in [0.15, 0.2) is 66.2 Å². The van der Waals surface area contributed by atoms with Crippen LogP contribution in [0.3, 0.4) is 0 Å². The summed E-state index contributed by atoms with van der Waals surface area (Å²) < 4.78 is 0. The molecule has 0 aliphatic heterocycles. The van der Waals surface area contributed by atoms with E-state index in [-0.39, 0.29) is 11.9 Å². The van der Waals surface area contributed by atoms with Crippen molar-refractivity contribution >= 4 is 29.0 Å². The highest BCUT2D eigenvalue weighted by Crippen LogP contribution is 2.16. The summed E-state index contributed by atoms with van der Waals surface area (Å²) >= 11 is 0. The summed E-state index contributed by atoms with van der Waals surface area (Å²) in [4.78, 5) is 24.0. The molecule has 0 bridgehead atoms. The van der Waals surface area contributed by atoms with Crippen molar-refractivity contribution in [2.45, 2.75) is 20.3 Å². The SMILES string of the molecule is CC/C=C(/C)C(=O)Nc1cccc(NC(=O)Nc2ccccc2)c1. The summed E-state index contributed by atoms with van der Waals surface area (Å²) in [6.07, 6.45) is 2.67. The van der Waals surface area contributed by atoms with Gasteiger partial charge in [0.05, 0.1) is 0 Å². The quantitative estimate of drug-likeness (QED) is 0.702. The van der Waals surface area contributed by atoms with Gasteiger partial charge < -0.3 is 16.0 Å². The molecule has 0 radical (unpaired) electrons. The zero-order valence-corrected chi connectivity index (χ0v) is 13.8. The van der Waals surface area contributed by atoms with Crippen molar-refractivity contribution in [2.24, 2.45) is 0 Å². The lowest BCUT2D eigenvalue weighted by Crippen LogP contribution is -2.19. The molecule has 0 aliphatic carbocycles. The highest BCUT2D eigenvalue weighted by atomic mass is 16.2. The van der Waals surface area contributed by atoms with Crippen LogP contribution in [0.2, 0.25) is 0 Å². The van der Waals surface area contributed by atoms with Gasteiger partial charge in [0.15, 0.2) is 0 Å². The third-order valence-electron chi connectivity index (χ3n) is 3.28. The lowest BCUT2D eigenvalue weighted by Gasteiger charge is -2.10. The number of benzene rings is 2. The molecule has 0 fully saturated rings. The average Bonchev–Trinajstić information content (AvgIpc) is 2.56. The van der Waals surface area contributed by atoms with Gasteiger partial charge >= 0.3 is 6.03 Å². The van der Waals surface area contributed by atoms with Gasteiger partial charge in [-0.3, -0.25) is 4.79 Å². The number of nitrogens with one attached hydrogen (secondary N) is 3. The summed E-state index contributed by atoms with van der Waals surface area (Å²) in [6.45, 7) is 3.75. The fourth-order valence-electron chi connectivity index (χ4n) is 2.12. The van der Waals surface area contributed by atoms with Gasteiger partial charge in [-0.25, -0.2) is 4.79 Å². The molecule has 2 aromatic carbocycles. The maximum atomic E-state index is 12.0. The van der Waals surface area contributed by atoms with Crippen LogP contribution in [-0.2, 0) is 4.79 Å². The first-order valence-electron chi connectivity index (χ1n) is 7.79. The van der Waals surface area contributed by atoms with Crippen molar-refractivity contribution < 1.29 is 9.59 Å². The summed E-state index contributed by atoms with van der Waals surface area (Å²) in [7, 11) is 0. The van der Waals surface area contributed by atoms with Crippen molar-refractivity contribution in [3.05, 3.63) is 66.2 Å². The molecule has 24 heavy (non-hydrogen) atoms.